The standard InChI is InChI=1S/C13H24N4O2/c1-11(2)19-17-10-16-13(14-7-8-18)15-9-12-5-3-4-6-12/h10,12,18H,1,3-9H2,2H3,(H2,14,15,16,17). The van der Waals surface area contributed by atoms with E-state index >= 15 is 0 Å². The van der Waals surface area contributed by atoms with Gasteiger partial charge in [0.25, 0.3) is 0 Å². The van der Waals surface area contributed by atoms with Gasteiger partial charge < -0.3 is 20.6 Å². The van der Waals surface area contributed by atoms with Gasteiger partial charge in [-0.05, 0) is 25.7 Å². The van der Waals surface area contributed by atoms with Crippen LogP contribution in [0.4, 0.5) is 0 Å². The summed E-state index contributed by atoms with van der Waals surface area (Å²) in [6.45, 7) is 6.68. The molecular formula is C13H24N4O2. The quantitative estimate of drug-likeness (QED) is 0.280. The molecule has 1 fully saturated rings. The lowest BCUT2D eigenvalue weighted by Gasteiger charge is -2.14. The van der Waals surface area contributed by atoms with Gasteiger partial charge in [-0.3, -0.25) is 0 Å². The summed E-state index contributed by atoms with van der Waals surface area (Å²) in [4.78, 5) is 8.96. The Morgan fingerprint density at radius 1 is 1.42 bits per heavy atom. The molecule has 0 spiro atoms. The van der Waals surface area contributed by atoms with E-state index < -0.39 is 0 Å². The first-order valence-corrected chi connectivity index (χ1v) is 6.73. The molecule has 0 unspecified atom stereocenters. The van der Waals surface area contributed by atoms with Crippen molar-refractivity contribution in [2.75, 3.05) is 19.7 Å². The minimum Gasteiger partial charge on any atom is -0.395 e. The van der Waals surface area contributed by atoms with Crippen molar-refractivity contribution >= 4 is 12.3 Å². The Kier molecular flexibility index (Phi) is 7.65. The number of aliphatic imine (C=N–C) groups is 1. The van der Waals surface area contributed by atoms with E-state index in [1.54, 1.807) is 6.92 Å². The molecule has 6 nitrogen and oxygen atoms in total. The zero-order valence-corrected chi connectivity index (χ0v) is 11.6. The smallest absolute Gasteiger partial charge is 0.197 e. The second-order valence-corrected chi connectivity index (χ2v) is 4.67. The van der Waals surface area contributed by atoms with Gasteiger partial charge in [0.15, 0.2) is 12.3 Å². The largest absolute Gasteiger partial charge is 0.395 e. The number of guanidine groups is 1. The fourth-order valence-electron chi connectivity index (χ4n) is 1.98. The first-order valence-electron chi connectivity index (χ1n) is 6.73. The van der Waals surface area contributed by atoms with Gasteiger partial charge in [0.1, 0.15) is 5.76 Å². The van der Waals surface area contributed by atoms with Crippen LogP contribution >= 0.6 is 0 Å². The van der Waals surface area contributed by atoms with Crippen LogP contribution in [0.25, 0.3) is 0 Å². The number of aliphatic hydroxyl groups excluding tert-OH is 1. The molecule has 3 N–H and O–H groups in total. The minimum atomic E-state index is 0.0591. The zero-order chi connectivity index (χ0) is 13.9. The van der Waals surface area contributed by atoms with Gasteiger partial charge in [0.05, 0.1) is 6.61 Å². The molecule has 6 heteroatoms. The molecule has 0 saturated heterocycles. The highest BCUT2D eigenvalue weighted by atomic mass is 16.6. The Bertz CT molecular complexity index is 323. The highest BCUT2D eigenvalue weighted by Crippen LogP contribution is 2.23. The second kappa shape index (κ2) is 9.38. The van der Waals surface area contributed by atoms with Gasteiger partial charge in [-0.1, -0.05) is 24.6 Å². The van der Waals surface area contributed by atoms with Crippen LogP contribution < -0.4 is 10.6 Å². The van der Waals surface area contributed by atoms with Crippen LogP contribution in [0, 0.1) is 5.92 Å². The number of hydrogen-bond donors (Lipinski definition) is 3. The number of aliphatic hydroxyl groups is 1. The number of oxime groups is 1. The lowest BCUT2D eigenvalue weighted by molar-refractivity contribution is 0.233. The van der Waals surface area contributed by atoms with Crippen molar-refractivity contribution in [2.24, 2.45) is 16.1 Å². The molecule has 1 aliphatic rings. The topological polar surface area (TPSA) is 78.2 Å². The van der Waals surface area contributed by atoms with Crippen LogP contribution in [-0.2, 0) is 4.84 Å². The highest BCUT2D eigenvalue weighted by molar-refractivity contribution is 5.86. The van der Waals surface area contributed by atoms with Crippen molar-refractivity contribution in [2.45, 2.75) is 32.6 Å². The molecule has 1 saturated carbocycles. The van der Waals surface area contributed by atoms with Gasteiger partial charge in [0, 0.05) is 13.1 Å². The van der Waals surface area contributed by atoms with E-state index in [4.69, 9.17) is 9.94 Å². The number of allylic oxidation sites excluding steroid dienone is 1. The predicted octanol–water partition coefficient (Wildman–Crippen LogP) is 1.20. The molecule has 0 aliphatic heterocycles. The molecule has 0 aromatic rings. The van der Waals surface area contributed by atoms with E-state index in [0.717, 1.165) is 6.54 Å². The van der Waals surface area contributed by atoms with Crippen LogP contribution in [-0.4, -0.2) is 37.1 Å². The van der Waals surface area contributed by atoms with Gasteiger partial charge in [-0.25, -0.2) is 0 Å². The maximum Gasteiger partial charge on any atom is 0.197 e. The Morgan fingerprint density at radius 2 is 2.16 bits per heavy atom. The predicted molar refractivity (Wildman–Crippen MR) is 76.9 cm³/mol. The fraction of sp³-hybridized carbons (Fsp3) is 0.692. The molecule has 1 rings (SSSR count). The Labute approximate surface area is 114 Å². The third-order valence-electron chi connectivity index (χ3n) is 2.88. The summed E-state index contributed by atoms with van der Waals surface area (Å²) in [5.41, 5.74) is 0. The summed E-state index contributed by atoms with van der Waals surface area (Å²) in [6, 6.07) is 0. The number of hydrogen-bond acceptors (Lipinski definition) is 3. The van der Waals surface area contributed by atoms with Crippen molar-refractivity contribution in [3.8, 4) is 0 Å². The summed E-state index contributed by atoms with van der Waals surface area (Å²) in [5.74, 6) is 1.83. The van der Waals surface area contributed by atoms with Crippen molar-refractivity contribution in [3.05, 3.63) is 12.3 Å². The second-order valence-electron chi connectivity index (χ2n) is 4.67. The summed E-state index contributed by atoms with van der Waals surface area (Å²) < 4.78 is 0. The normalized spacial score (nSPS) is 16.8. The number of nitrogens with zero attached hydrogens (tertiary/aromatic N) is 2. The molecule has 0 amide bonds. The molecule has 0 aromatic carbocycles. The molecule has 108 valence electrons. The van der Waals surface area contributed by atoms with E-state index in [1.165, 1.54) is 32.0 Å². The Balaban J connectivity index is 2.37. The number of nitrogens with one attached hydrogen (secondary N) is 2. The van der Waals surface area contributed by atoms with E-state index in [2.05, 4.69) is 27.4 Å². The third kappa shape index (κ3) is 7.46. The molecule has 0 heterocycles. The van der Waals surface area contributed by atoms with E-state index in [-0.39, 0.29) is 6.61 Å². The zero-order valence-electron chi connectivity index (χ0n) is 11.6. The Hall–Kier alpha value is -1.56. The first kappa shape index (κ1) is 15.5. The maximum absolute atomic E-state index is 8.82. The lowest BCUT2D eigenvalue weighted by Crippen LogP contribution is -2.40. The van der Waals surface area contributed by atoms with Crippen molar-refractivity contribution in [1.82, 2.24) is 10.6 Å². The van der Waals surface area contributed by atoms with E-state index in [1.807, 2.05) is 0 Å². The Morgan fingerprint density at radius 3 is 2.79 bits per heavy atom. The van der Waals surface area contributed by atoms with Gasteiger partial charge in [-0.2, -0.15) is 4.99 Å². The fourth-order valence-corrected chi connectivity index (χ4v) is 1.98. The molecule has 0 radical (unpaired) electrons. The molecule has 1 aliphatic carbocycles. The van der Waals surface area contributed by atoms with Crippen LogP contribution in [0.1, 0.15) is 32.6 Å². The van der Waals surface area contributed by atoms with Crippen LogP contribution in [0.2, 0.25) is 0 Å². The summed E-state index contributed by atoms with van der Waals surface area (Å²) in [5, 5.41) is 18.7. The van der Waals surface area contributed by atoms with Crippen molar-refractivity contribution in [3.63, 3.8) is 0 Å². The van der Waals surface area contributed by atoms with Crippen molar-refractivity contribution in [1.29, 1.82) is 0 Å². The van der Waals surface area contributed by atoms with Gasteiger partial charge >= 0.3 is 0 Å². The molecular weight excluding hydrogens is 244 g/mol. The SMILES string of the molecule is C=C(C)O/N=C\N=C(\NCCO)NCC1CCCC1. The van der Waals surface area contributed by atoms with E-state index in [9.17, 15) is 0 Å². The molecule has 19 heavy (non-hydrogen) atoms. The van der Waals surface area contributed by atoms with Crippen LogP contribution in [0.15, 0.2) is 22.5 Å². The summed E-state index contributed by atoms with van der Waals surface area (Å²) >= 11 is 0. The molecule has 0 bridgehead atoms. The van der Waals surface area contributed by atoms with Crippen molar-refractivity contribution < 1.29 is 9.94 Å². The number of rotatable bonds is 7. The first-order chi connectivity index (χ1) is 9.22. The summed E-state index contributed by atoms with van der Waals surface area (Å²) in [6.07, 6.45) is 6.49. The average molecular weight is 268 g/mol. The minimum absolute atomic E-state index is 0.0591. The van der Waals surface area contributed by atoms with Gasteiger partial charge in [-0.15, -0.1) is 0 Å². The van der Waals surface area contributed by atoms with E-state index in [0.29, 0.717) is 24.2 Å². The van der Waals surface area contributed by atoms with Gasteiger partial charge in [0.2, 0.25) is 0 Å². The maximum atomic E-state index is 8.82. The molecule has 0 atom stereocenters. The summed E-state index contributed by atoms with van der Waals surface area (Å²) in [7, 11) is 0. The lowest BCUT2D eigenvalue weighted by atomic mass is 10.1. The molecule has 0 aromatic heterocycles. The van der Waals surface area contributed by atoms with Crippen LogP contribution in [0.3, 0.4) is 0 Å². The monoisotopic (exact) mass is 268 g/mol. The average Bonchev–Trinajstić information content (AvgIpc) is 2.89. The van der Waals surface area contributed by atoms with Crippen LogP contribution in [0.5, 0.6) is 0 Å². The third-order valence-corrected chi connectivity index (χ3v) is 2.88. The highest BCUT2D eigenvalue weighted by Gasteiger charge is 2.14.